The molecule has 158 valence electrons. The van der Waals surface area contributed by atoms with Crippen LogP contribution in [0.2, 0.25) is 0 Å². The third-order valence-corrected chi connectivity index (χ3v) is 5.05. The van der Waals surface area contributed by atoms with Crippen molar-refractivity contribution in [3.8, 4) is 17.3 Å². The summed E-state index contributed by atoms with van der Waals surface area (Å²) >= 11 is 1.38. The maximum Gasteiger partial charge on any atom is 0.260 e. The minimum Gasteiger partial charge on any atom is -0.492 e. The minimum absolute atomic E-state index is 0.285. The first-order chi connectivity index (χ1) is 15.1. The van der Waals surface area contributed by atoms with E-state index in [1.54, 1.807) is 48.5 Å². The summed E-state index contributed by atoms with van der Waals surface area (Å²) in [5.74, 6) is 1.36. The van der Waals surface area contributed by atoms with Gasteiger partial charge in [0, 0.05) is 11.8 Å². The Bertz CT molecular complexity index is 1160. The van der Waals surface area contributed by atoms with E-state index in [1.807, 2.05) is 18.4 Å². The summed E-state index contributed by atoms with van der Waals surface area (Å²) in [6, 6.07) is 10.8. The number of carbonyl (C=O) groups is 1. The van der Waals surface area contributed by atoms with E-state index in [0.717, 1.165) is 0 Å². The van der Waals surface area contributed by atoms with Crippen LogP contribution in [0.1, 0.15) is 16.1 Å². The number of hydrogen-bond acceptors (Lipinski definition) is 8. The number of aryl methyl sites for hydroxylation is 1. The number of nitrogens with zero attached hydrogens (tertiary/aromatic N) is 5. The summed E-state index contributed by atoms with van der Waals surface area (Å²) in [4.78, 5) is 25.9. The highest BCUT2D eigenvalue weighted by Crippen LogP contribution is 2.26. The molecular weight excluding hydrogens is 416 g/mol. The summed E-state index contributed by atoms with van der Waals surface area (Å²) < 4.78 is 12.8. The fraction of sp³-hybridized carbons (Fsp3) is 0.190. The van der Waals surface area contributed by atoms with E-state index < -0.39 is 0 Å². The van der Waals surface area contributed by atoms with E-state index >= 15 is 0 Å². The summed E-state index contributed by atoms with van der Waals surface area (Å²) in [6.45, 7) is 2.79. The Hall–Kier alpha value is -3.66. The van der Waals surface area contributed by atoms with Crippen molar-refractivity contribution in [3.63, 3.8) is 0 Å². The number of nitrogens with one attached hydrogen (secondary N) is 1. The largest absolute Gasteiger partial charge is 0.492 e. The number of anilines is 1. The first-order valence-electron chi connectivity index (χ1n) is 9.47. The lowest BCUT2D eigenvalue weighted by Crippen LogP contribution is -2.17. The molecule has 3 heterocycles. The van der Waals surface area contributed by atoms with E-state index in [0.29, 0.717) is 52.5 Å². The van der Waals surface area contributed by atoms with Gasteiger partial charge < -0.3 is 14.5 Å². The Morgan fingerprint density at radius 3 is 2.90 bits per heavy atom. The number of carbonyl (C=O) groups excluding carboxylic acids is 1. The van der Waals surface area contributed by atoms with Gasteiger partial charge in [-0.3, -0.25) is 4.79 Å². The van der Waals surface area contributed by atoms with Gasteiger partial charge in [0.25, 0.3) is 5.91 Å². The number of hydrogen-bond donors (Lipinski definition) is 1. The monoisotopic (exact) mass is 436 g/mol. The molecule has 10 heteroatoms. The van der Waals surface area contributed by atoms with Gasteiger partial charge >= 0.3 is 0 Å². The van der Waals surface area contributed by atoms with Gasteiger partial charge in [0.05, 0.1) is 24.1 Å². The molecule has 0 aliphatic rings. The van der Waals surface area contributed by atoms with Gasteiger partial charge in [-0.15, -0.1) is 11.8 Å². The highest BCUT2D eigenvalue weighted by atomic mass is 32.2. The number of furan rings is 1. The van der Waals surface area contributed by atoms with Crippen LogP contribution in [0.15, 0.2) is 64.8 Å². The maximum atomic E-state index is 13.0. The predicted octanol–water partition coefficient (Wildman–Crippen LogP) is 3.69. The quantitative estimate of drug-likeness (QED) is 0.329. The van der Waals surface area contributed by atoms with E-state index in [4.69, 9.17) is 9.15 Å². The molecule has 0 saturated carbocycles. The molecule has 9 nitrogen and oxygen atoms in total. The van der Waals surface area contributed by atoms with Crippen molar-refractivity contribution in [2.75, 3.05) is 18.2 Å². The number of rotatable bonds is 8. The van der Waals surface area contributed by atoms with Crippen LogP contribution in [0.5, 0.6) is 5.75 Å². The standard InChI is InChI=1S/C21H20N6O3S/c1-14-18(21(31-2)26-19(24-14)17-7-4-9-30-17)20(28)25-15-5-3-6-16(11-15)29-10-8-27-13-22-12-23-27/h3-7,9,11-13H,8,10H2,1-2H3,(H,25,28). The van der Waals surface area contributed by atoms with Crippen molar-refractivity contribution in [1.82, 2.24) is 24.7 Å². The molecule has 0 radical (unpaired) electrons. The van der Waals surface area contributed by atoms with Crippen molar-refractivity contribution in [2.24, 2.45) is 0 Å². The molecule has 1 aromatic carbocycles. The van der Waals surface area contributed by atoms with Gasteiger partial charge in [-0.1, -0.05) is 6.07 Å². The second kappa shape index (κ2) is 9.43. The van der Waals surface area contributed by atoms with Gasteiger partial charge in [0.1, 0.15) is 30.0 Å². The molecule has 4 aromatic rings. The minimum atomic E-state index is -0.285. The second-order valence-corrected chi connectivity index (χ2v) is 7.28. The van der Waals surface area contributed by atoms with Gasteiger partial charge in [-0.25, -0.2) is 19.6 Å². The maximum absolute atomic E-state index is 13.0. The van der Waals surface area contributed by atoms with Crippen molar-refractivity contribution >= 4 is 23.4 Å². The van der Waals surface area contributed by atoms with Crippen LogP contribution in [-0.2, 0) is 6.54 Å². The van der Waals surface area contributed by atoms with Crippen LogP contribution >= 0.6 is 11.8 Å². The zero-order chi connectivity index (χ0) is 21.6. The van der Waals surface area contributed by atoms with Crippen LogP contribution in [0.4, 0.5) is 5.69 Å². The lowest BCUT2D eigenvalue weighted by Gasteiger charge is -2.12. The van der Waals surface area contributed by atoms with Crippen molar-refractivity contribution in [1.29, 1.82) is 0 Å². The van der Waals surface area contributed by atoms with Crippen molar-refractivity contribution in [3.05, 3.63) is 66.6 Å². The number of thioether (sulfide) groups is 1. The highest BCUT2D eigenvalue weighted by Gasteiger charge is 2.20. The van der Waals surface area contributed by atoms with Gasteiger partial charge in [0.2, 0.25) is 0 Å². The summed E-state index contributed by atoms with van der Waals surface area (Å²) in [5, 5.41) is 7.52. The Labute approximate surface area is 182 Å². The van der Waals surface area contributed by atoms with Gasteiger partial charge in [-0.05, 0) is 37.4 Å². The average molecular weight is 436 g/mol. The Morgan fingerprint density at radius 2 is 2.16 bits per heavy atom. The molecule has 31 heavy (non-hydrogen) atoms. The normalized spacial score (nSPS) is 10.8. The Balaban J connectivity index is 1.47. The fourth-order valence-corrected chi connectivity index (χ4v) is 3.56. The molecule has 1 amide bonds. The SMILES string of the molecule is CSc1nc(-c2ccco2)nc(C)c1C(=O)Nc1cccc(OCCn2cncn2)c1. The van der Waals surface area contributed by atoms with E-state index in [9.17, 15) is 4.79 Å². The van der Waals surface area contributed by atoms with Crippen LogP contribution in [0.3, 0.4) is 0 Å². The molecule has 0 fully saturated rings. The van der Waals surface area contributed by atoms with Crippen LogP contribution < -0.4 is 10.1 Å². The topological polar surface area (TPSA) is 108 Å². The second-order valence-electron chi connectivity index (χ2n) is 6.48. The van der Waals surface area contributed by atoms with Crippen molar-refractivity contribution < 1.29 is 13.9 Å². The molecule has 0 atom stereocenters. The first-order valence-corrected chi connectivity index (χ1v) is 10.7. The summed E-state index contributed by atoms with van der Waals surface area (Å²) in [7, 11) is 0. The molecular formula is C21H20N6O3S. The zero-order valence-electron chi connectivity index (χ0n) is 17.0. The fourth-order valence-electron chi connectivity index (χ4n) is 2.93. The lowest BCUT2D eigenvalue weighted by molar-refractivity contribution is 0.102. The molecule has 0 unspecified atom stereocenters. The van der Waals surface area contributed by atoms with Crippen LogP contribution in [0.25, 0.3) is 11.6 Å². The first kappa shape index (κ1) is 20.6. The van der Waals surface area contributed by atoms with E-state index in [1.165, 1.54) is 18.1 Å². The van der Waals surface area contributed by atoms with Crippen molar-refractivity contribution in [2.45, 2.75) is 18.5 Å². The van der Waals surface area contributed by atoms with Gasteiger partial charge in [0.15, 0.2) is 11.6 Å². The number of aromatic nitrogens is 5. The van der Waals surface area contributed by atoms with Crippen LogP contribution in [-0.4, -0.2) is 43.5 Å². The molecule has 0 bridgehead atoms. The lowest BCUT2D eigenvalue weighted by atomic mass is 10.2. The number of benzene rings is 1. The third kappa shape index (κ3) is 4.92. The Morgan fingerprint density at radius 1 is 1.26 bits per heavy atom. The third-order valence-electron chi connectivity index (χ3n) is 4.37. The predicted molar refractivity (Wildman–Crippen MR) is 116 cm³/mol. The average Bonchev–Trinajstić information content (AvgIpc) is 3.48. The highest BCUT2D eigenvalue weighted by molar-refractivity contribution is 7.98. The molecule has 0 aliphatic carbocycles. The smallest absolute Gasteiger partial charge is 0.260 e. The van der Waals surface area contributed by atoms with E-state index in [2.05, 4.69) is 25.4 Å². The molecule has 0 saturated heterocycles. The summed E-state index contributed by atoms with van der Waals surface area (Å²) in [5.41, 5.74) is 1.62. The Kier molecular flexibility index (Phi) is 6.27. The summed E-state index contributed by atoms with van der Waals surface area (Å²) in [6.07, 6.45) is 6.54. The molecule has 3 aromatic heterocycles. The van der Waals surface area contributed by atoms with Gasteiger partial charge in [-0.2, -0.15) is 5.10 Å². The molecule has 4 rings (SSSR count). The molecule has 1 N–H and O–H groups in total. The zero-order valence-corrected chi connectivity index (χ0v) is 17.8. The van der Waals surface area contributed by atoms with Crippen LogP contribution in [0, 0.1) is 6.92 Å². The molecule has 0 aliphatic heterocycles. The van der Waals surface area contributed by atoms with E-state index in [-0.39, 0.29) is 5.91 Å². The number of amides is 1. The molecule has 0 spiro atoms. The number of ether oxygens (including phenoxy) is 1.